The normalized spacial score (nSPS) is 10.7. The first-order chi connectivity index (χ1) is 17.9. The number of Topliss-reactive ketones (excluding diaryl/α,β-unsaturated/α-hetero) is 1. The maximum Gasteiger partial charge on any atom is 0.228 e. The molecule has 0 spiro atoms. The van der Waals surface area contributed by atoms with Crippen molar-refractivity contribution in [1.29, 1.82) is 0 Å². The van der Waals surface area contributed by atoms with Crippen LogP contribution >= 0.6 is 0 Å². The number of aromatic nitrogens is 4. The van der Waals surface area contributed by atoms with Gasteiger partial charge in [-0.2, -0.15) is 0 Å². The van der Waals surface area contributed by atoms with Crippen LogP contribution in [0.1, 0.15) is 31.0 Å². The fourth-order valence-corrected chi connectivity index (χ4v) is 4.30. The summed E-state index contributed by atoms with van der Waals surface area (Å²) in [5.41, 5.74) is 12.6. The molecule has 38 heavy (non-hydrogen) atoms. The molecular formula is C30H30N6O2. The molecule has 0 fully saturated rings. The van der Waals surface area contributed by atoms with Gasteiger partial charge in [0.15, 0.2) is 11.5 Å². The molecule has 0 atom stereocenters. The summed E-state index contributed by atoms with van der Waals surface area (Å²) in [4.78, 5) is 37.8. The number of carbonyl (C=O) groups is 2. The zero-order valence-corrected chi connectivity index (χ0v) is 20.6. The molecular weight excluding hydrogens is 476 g/mol. The Balaban J connectivity index is 0.00000336. The largest absolute Gasteiger partial charge is 0.383 e. The van der Waals surface area contributed by atoms with Crippen molar-refractivity contribution >= 4 is 34.4 Å². The number of nitrogens with zero attached hydrogens (tertiary/aromatic N) is 4. The predicted molar refractivity (Wildman–Crippen MR) is 151 cm³/mol. The topological polar surface area (TPSA) is 116 Å². The summed E-state index contributed by atoms with van der Waals surface area (Å²) in [6.07, 6.45) is 4.01. The van der Waals surface area contributed by atoms with Crippen molar-refractivity contribution in [2.24, 2.45) is 0 Å². The maximum absolute atomic E-state index is 12.7. The second kappa shape index (κ2) is 11.0. The number of nitrogens with one attached hydrogen (secondary N) is 1. The van der Waals surface area contributed by atoms with Gasteiger partial charge in [0.2, 0.25) is 5.91 Å². The second-order valence-electron chi connectivity index (χ2n) is 9.03. The number of pyridine rings is 2. The van der Waals surface area contributed by atoms with Crippen LogP contribution in [0.3, 0.4) is 0 Å². The lowest BCUT2D eigenvalue weighted by Gasteiger charge is -2.11. The van der Waals surface area contributed by atoms with Crippen LogP contribution in [0.5, 0.6) is 0 Å². The average molecular weight is 507 g/mol. The van der Waals surface area contributed by atoms with Crippen LogP contribution in [0.15, 0.2) is 79.1 Å². The molecule has 0 aliphatic carbocycles. The third kappa shape index (κ3) is 5.59. The van der Waals surface area contributed by atoms with Gasteiger partial charge in [-0.05, 0) is 73.0 Å². The van der Waals surface area contributed by atoms with Gasteiger partial charge in [0, 0.05) is 30.2 Å². The van der Waals surface area contributed by atoms with Crippen molar-refractivity contribution in [3.8, 4) is 17.1 Å². The van der Waals surface area contributed by atoms with E-state index in [0.717, 1.165) is 27.9 Å². The van der Waals surface area contributed by atoms with E-state index >= 15 is 0 Å². The number of nitrogens with two attached hydrogens (primary N) is 1. The van der Waals surface area contributed by atoms with Crippen molar-refractivity contribution in [1.82, 2.24) is 19.5 Å². The quantitative estimate of drug-likeness (QED) is 0.309. The van der Waals surface area contributed by atoms with E-state index in [-0.39, 0.29) is 25.5 Å². The number of benzene rings is 2. The molecule has 192 valence electrons. The summed E-state index contributed by atoms with van der Waals surface area (Å²) < 4.78 is 1.95. The highest BCUT2D eigenvalue weighted by Crippen LogP contribution is 2.30. The Labute approximate surface area is 221 Å². The lowest BCUT2D eigenvalue weighted by atomic mass is 10.1. The summed E-state index contributed by atoms with van der Waals surface area (Å²) >= 11 is 0. The molecule has 3 aromatic heterocycles. The van der Waals surface area contributed by atoms with Gasteiger partial charge in [-0.25, -0.2) is 15.0 Å². The minimum absolute atomic E-state index is 0. The number of imidazole rings is 1. The Morgan fingerprint density at radius 3 is 2.47 bits per heavy atom. The first-order valence-electron chi connectivity index (χ1n) is 11.9. The van der Waals surface area contributed by atoms with E-state index < -0.39 is 0 Å². The molecule has 2 aromatic carbocycles. The second-order valence-corrected chi connectivity index (χ2v) is 9.03. The van der Waals surface area contributed by atoms with E-state index in [1.165, 1.54) is 0 Å². The first kappa shape index (κ1) is 26.2. The van der Waals surface area contributed by atoms with E-state index in [4.69, 9.17) is 10.7 Å². The number of aryl methyl sites for hydroxylation is 1. The molecule has 5 aromatic rings. The molecule has 0 radical (unpaired) electrons. The third-order valence-electron chi connectivity index (χ3n) is 5.94. The molecule has 0 aliphatic rings. The van der Waals surface area contributed by atoms with Gasteiger partial charge in [-0.15, -0.1) is 0 Å². The summed E-state index contributed by atoms with van der Waals surface area (Å²) in [5, 5.41) is 2.92. The molecule has 0 saturated heterocycles. The highest BCUT2D eigenvalue weighted by atomic mass is 16.1. The van der Waals surface area contributed by atoms with E-state index in [9.17, 15) is 9.59 Å². The number of ketones is 1. The number of hydrogen-bond acceptors (Lipinski definition) is 6. The van der Waals surface area contributed by atoms with Gasteiger partial charge >= 0.3 is 0 Å². The Bertz CT molecular complexity index is 1620. The first-order valence-corrected chi connectivity index (χ1v) is 11.9. The van der Waals surface area contributed by atoms with Crippen molar-refractivity contribution < 1.29 is 9.59 Å². The van der Waals surface area contributed by atoms with Crippen LogP contribution in [0, 0.1) is 6.92 Å². The Morgan fingerprint density at radius 2 is 1.74 bits per heavy atom. The number of rotatable bonds is 7. The Kier molecular flexibility index (Phi) is 7.62. The van der Waals surface area contributed by atoms with Crippen LogP contribution in [-0.2, 0) is 22.4 Å². The molecule has 0 bridgehead atoms. The average Bonchev–Trinajstić information content (AvgIpc) is 3.22. The maximum atomic E-state index is 12.7. The van der Waals surface area contributed by atoms with Crippen LogP contribution in [-0.4, -0.2) is 31.2 Å². The standard InChI is InChI=1S/C29H26N6O2.CH4/c1-18-13-25-29(32-17-18)35(28(34-25)24-7-4-12-31-27(24)30)23-10-8-20(9-11-23)16-26(37)33-22-6-3-5-21(15-22)14-19(2)36;/h3-13,15,17H,14,16H2,1-2H3,(H2,30,31)(H,33,37);1H4. The van der Waals surface area contributed by atoms with Gasteiger partial charge in [-0.3, -0.25) is 14.2 Å². The number of carbonyl (C=O) groups excluding carboxylic acids is 2. The van der Waals surface area contributed by atoms with Crippen molar-refractivity contribution in [2.75, 3.05) is 11.1 Å². The molecule has 8 nitrogen and oxygen atoms in total. The van der Waals surface area contributed by atoms with E-state index in [1.807, 2.05) is 78.2 Å². The Hall–Kier alpha value is -4.85. The van der Waals surface area contributed by atoms with Gasteiger partial charge in [0.1, 0.15) is 17.1 Å². The van der Waals surface area contributed by atoms with Crippen LogP contribution in [0.2, 0.25) is 0 Å². The summed E-state index contributed by atoms with van der Waals surface area (Å²) in [6, 6.07) is 20.8. The monoisotopic (exact) mass is 506 g/mol. The van der Waals surface area contributed by atoms with Gasteiger partial charge in [-0.1, -0.05) is 31.7 Å². The van der Waals surface area contributed by atoms with E-state index in [0.29, 0.717) is 35.0 Å². The highest BCUT2D eigenvalue weighted by molar-refractivity contribution is 5.92. The molecule has 0 saturated carbocycles. The minimum atomic E-state index is -0.137. The molecule has 3 heterocycles. The van der Waals surface area contributed by atoms with Crippen molar-refractivity contribution in [3.63, 3.8) is 0 Å². The zero-order valence-electron chi connectivity index (χ0n) is 20.6. The van der Waals surface area contributed by atoms with Crippen LogP contribution in [0.25, 0.3) is 28.2 Å². The minimum Gasteiger partial charge on any atom is -0.383 e. The van der Waals surface area contributed by atoms with Crippen LogP contribution < -0.4 is 11.1 Å². The summed E-state index contributed by atoms with van der Waals surface area (Å²) in [6.45, 7) is 3.52. The lowest BCUT2D eigenvalue weighted by molar-refractivity contribution is -0.116. The van der Waals surface area contributed by atoms with E-state index in [1.54, 1.807) is 19.3 Å². The van der Waals surface area contributed by atoms with Gasteiger partial charge < -0.3 is 11.1 Å². The summed E-state index contributed by atoms with van der Waals surface area (Å²) in [7, 11) is 0. The fraction of sp³-hybridized carbons (Fsp3) is 0.167. The van der Waals surface area contributed by atoms with Crippen molar-refractivity contribution in [3.05, 3.63) is 95.8 Å². The van der Waals surface area contributed by atoms with Crippen molar-refractivity contribution in [2.45, 2.75) is 34.1 Å². The summed E-state index contributed by atoms with van der Waals surface area (Å²) in [5.74, 6) is 0.974. The number of hydrogen-bond donors (Lipinski definition) is 2. The molecule has 0 aliphatic heterocycles. The highest BCUT2D eigenvalue weighted by Gasteiger charge is 2.18. The number of anilines is 2. The fourth-order valence-electron chi connectivity index (χ4n) is 4.30. The molecule has 0 unspecified atom stereocenters. The Morgan fingerprint density at radius 1 is 0.947 bits per heavy atom. The molecule has 5 rings (SSSR count). The van der Waals surface area contributed by atoms with Gasteiger partial charge in [0.25, 0.3) is 0 Å². The lowest BCUT2D eigenvalue weighted by Crippen LogP contribution is -2.14. The molecule has 3 N–H and O–H groups in total. The SMILES string of the molecule is C.CC(=O)Cc1cccc(NC(=O)Cc2ccc(-n3c(-c4cccnc4N)nc4cc(C)cnc43)cc2)c1. The predicted octanol–water partition coefficient (Wildman–Crippen LogP) is 5.32. The smallest absolute Gasteiger partial charge is 0.228 e. The molecule has 1 amide bonds. The number of nitrogen functional groups attached to an aromatic ring is 1. The van der Waals surface area contributed by atoms with Gasteiger partial charge in [0.05, 0.1) is 12.0 Å². The number of amides is 1. The van der Waals surface area contributed by atoms with E-state index in [2.05, 4.69) is 15.3 Å². The number of fused-ring (bicyclic) bond motifs is 1. The zero-order chi connectivity index (χ0) is 25.9. The third-order valence-corrected chi connectivity index (χ3v) is 5.94. The van der Waals surface area contributed by atoms with Crippen LogP contribution in [0.4, 0.5) is 11.5 Å². The molecule has 8 heteroatoms.